The fraction of sp³-hybridized carbons (Fsp3) is 0.917. The Bertz CT molecular complexity index is 362. The van der Waals surface area contributed by atoms with Crippen molar-refractivity contribution in [1.82, 2.24) is 0 Å². The molecule has 0 aliphatic rings. The van der Waals surface area contributed by atoms with Crippen molar-refractivity contribution < 1.29 is 27.4 Å². The molecule has 0 saturated heterocycles. The summed E-state index contributed by atoms with van der Waals surface area (Å²) in [5.41, 5.74) is -0.703. The molecule has 0 bridgehead atoms. The Kier molecular flexibility index (Phi) is 7.54. The minimum Gasteiger partial charge on any atom is -0.459 e. The number of hydrogen-bond acceptors (Lipinski definition) is 6. The van der Waals surface area contributed by atoms with Gasteiger partial charge >= 0.3 is 5.97 Å². The molecule has 6 nitrogen and oxygen atoms in total. The van der Waals surface area contributed by atoms with Gasteiger partial charge in [-0.3, -0.25) is 4.79 Å². The summed E-state index contributed by atoms with van der Waals surface area (Å²) < 4.78 is 38.9. The number of hydrogen-bond donors (Lipinski definition) is 0. The number of carbonyl (C=O) groups is 1. The predicted octanol–water partition coefficient (Wildman–Crippen LogP) is 1.14. The van der Waals surface area contributed by atoms with Gasteiger partial charge in [-0.25, -0.2) is 8.42 Å². The largest absolute Gasteiger partial charge is 0.459 e. The van der Waals surface area contributed by atoms with Crippen LogP contribution in [-0.2, 0) is 28.8 Å². The molecule has 0 atom stereocenters. The molecule has 0 N–H and O–H groups in total. The van der Waals surface area contributed by atoms with E-state index in [9.17, 15) is 13.2 Å². The van der Waals surface area contributed by atoms with Crippen molar-refractivity contribution in [2.45, 2.75) is 46.5 Å². The molecule has 0 unspecified atom stereocenters. The lowest BCUT2D eigenvalue weighted by Gasteiger charge is -2.20. The third-order valence-electron chi connectivity index (χ3n) is 1.85. The predicted molar refractivity (Wildman–Crippen MR) is 71.5 cm³/mol. The van der Waals surface area contributed by atoms with Crippen LogP contribution in [0.15, 0.2) is 0 Å². The Morgan fingerprint density at radius 2 is 1.58 bits per heavy atom. The molecule has 0 amide bonds. The van der Waals surface area contributed by atoms with Crippen LogP contribution in [0.4, 0.5) is 0 Å². The van der Waals surface area contributed by atoms with Gasteiger partial charge in [-0.05, 0) is 34.6 Å². The minimum atomic E-state index is -3.62. The Balaban J connectivity index is 4.49. The molecule has 114 valence electrons. The van der Waals surface area contributed by atoms with E-state index in [-0.39, 0.29) is 5.75 Å². The quantitative estimate of drug-likeness (QED) is 0.494. The number of rotatable bonds is 8. The first-order valence-corrected chi connectivity index (χ1v) is 8.07. The first kappa shape index (κ1) is 18.3. The topological polar surface area (TPSA) is 78.9 Å². The Morgan fingerprint density at radius 3 is 1.95 bits per heavy atom. The van der Waals surface area contributed by atoms with E-state index in [2.05, 4.69) is 0 Å². The van der Waals surface area contributed by atoms with Gasteiger partial charge in [-0.1, -0.05) is 0 Å². The van der Waals surface area contributed by atoms with E-state index in [1.54, 1.807) is 34.6 Å². The maximum Gasteiger partial charge on any atom is 0.321 e. The van der Waals surface area contributed by atoms with Crippen LogP contribution in [0.25, 0.3) is 0 Å². The summed E-state index contributed by atoms with van der Waals surface area (Å²) in [5.74, 6) is -1.78. The monoisotopic (exact) mass is 296 g/mol. The summed E-state index contributed by atoms with van der Waals surface area (Å²) in [6.45, 7) is 9.21. The summed E-state index contributed by atoms with van der Waals surface area (Å²) >= 11 is 0. The van der Waals surface area contributed by atoms with Gasteiger partial charge in [0.1, 0.15) is 17.1 Å². The standard InChI is InChI=1S/C12H24O6S/c1-6-16-11(17-7-2)9-19(14,15)8-10(13)18-12(3,4)5/h11H,6-9H2,1-5H3. The van der Waals surface area contributed by atoms with E-state index < -0.39 is 33.5 Å². The molecule has 0 fully saturated rings. The van der Waals surface area contributed by atoms with Gasteiger partial charge in [-0.15, -0.1) is 0 Å². The highest BCUT2D eigenvalue weighted by atomic mass is 32.2. The summed E-state index contributed by atoms with van der Waals surface area (Å²) in [6, 6.07) is 0. The molecule has 0 aliphatic carbocycles. The number of esters is 1. The highest BCUT2D eigenvalue weighted by molar-refractivity contribution is 7.92. The van der Waals surface area contributed by atoms with Crippen LogP contribution in [0.3, 0.4) is 0 Å². The van der Waals surface area contributed by atoms with Crippen LogP contribution in [0.5, 0.6) is 0 Å². The summed E-state index contributed by atoms with van der Waals surface area (Å²) in [5, 5.41) is 0. The molecule has 0 saturated carbocycles. The first-order chi connectivity index (χ1) is 8.59. The zero-order valence-corrected chi connectivity index (χ0v) is 13.1. The minimum absolute atomic E-state index is 0.340. The molecule has 0 radical (unpaired) electrons. The molecule has 0 aliphatic heterocycles. The maximum absolute atomic E-state index is 11.8. The summed E-state index contributed by atoms with van der Waals surface area (Å²) in [4.78, 5) is 11.5. The van der Waals surface area contributed by atoms with Crippen molar-refractivity contribution in [3.05, 3.63) is 0 Å². The fourth-order valence-corrected chi connectivity index (χ4v) is 2.48. The van der Waals surface area contributed by atoms with Gasteiger partial charge in [0.2, 0.25) is 0 Å². The molecular formula is C12H24O6S. The lowest BCUT2D eigenvalue weighted by molar-refractivity contribution is -0.151. The van der Waals surface area contributed by atoms with Gasteiger partial charge < -0.3 is 14.2 Å². The van der Waals surface area contributed by atoms with Crippen LogP contribution in [0.2, 0.25) is 0 Å². The lowest BCUT2D eigenvalue weighted by atomic mass is 10.2. The Morgan fingerprint density at radius 1 is 1.11 bits per heavy atom. The van der Waals surface area contributed by atoms with Crippen molar-refractivity contribution in [3.8, 4) is 0 Å². The molecule has 19 heavy (non-hydrogen) atoms. The van der Waals surface area contributed by atoms with Crippen molar-refractivity contribution in [3.63, 3.8) is 0 Å². The number of carbonyl (C=O) groups excluding carboxylic acids is 1. The maximum atomic E-state index is 11.8. The average molecular weight is 296 g/mol. The van der Waals surface area contributed by atoms with Crippen molar-refractivity contribution in [1.29, 1.82) is 0 Å². The van der Waals surface area contributed by atoms with Crippen LogP contribution in [-0.4, -0.2) is 51.0 Å². The second-order valence-corrected chi connectivity index (χ2v) is 7.09. The van der Waals surface area contributed by atoms with Gasteiger partial charge in [0.25, 0.3) is 0 Å². The number of ether oxygens (including phenoxy) is 3. The second kappa shape index (κ2) is 7.81. The smallest absolute Gasteiger partial charge is 0.321 e. The summed E-state index contributed by atoms with van der Waals surface area (Å²) in [6.07, 6.45) is -0.845. The highest BCUT2D eigenvalue weighted by Gasteiger charge is 2.26. The third-order valence-corrected chi connectivity index (χ3v) is 3.31. The second-order valence-electron chi connectivity index (χ2n) is 4.98. The molecule has 0 rings (SSSR count). The van der Waals surface area contributed by atoms with Crippen molar-refractivity contribution in [2.24, 2.45) is 0 Å². The van der Waals surface area contributed by atoms with Gasteiger partial charge in [0, 0.05) is 13.2 Å². The van der Waals surface area contributed by atoms with Crippen molar-refractivity contribution in [2.75, 3.05) is 24.7 Å². The highest BCUT2D eigenvalue weighted by Crippen LogP contribution is 2.09. The van der Waals surface area contributed by atoms with Gasteiger partial charge in [0.15, 0.2) is 16.1 Å². The van der Waals surface area contributed by atoms with Gasteiger partial charge in [0.05, 0.1) is 0 Å². The first-order valence-electron chi connectivity index (χ1n) is 6.25. The van der Waals surface area contributed by atoms with E-state index in [4.69, 9.17) is 14.2 Å². The van der Waals surface area contributed by atoms with Crippen LogP contribution in [0, 0.1) is 0 Å². The Labute approximate surface area is 115 Å². The average Bonchev–Trinajstić information content (AvgIpc) is 2.12. The van der Waals surface area contributed by atoms with E-state index in [0.29, 0.717) is 13.2 Å². The zero-order chi connectivity index (χ0) is 15.1. The molecule has 0 heterocycles. The fourth-order valence-electron chi connectivity index (χ4n) is 1.33. The van der Waals surface area contributed by atoms with E-state index in [1.165, 1.54) is 0 Å². The lowest BCUT2D eigenvalue weighted by Crippen LogP contribution is -2.33. The van der Waals surface area contributed by atoms with Crippen LogP contribution < -0.4 is 0 Å². The molecule has 7 heteroatoms. The molecule has 0 spiro atoms. The SMILES string of the molecule is CCOC(CS(=O)(=O)CC(=O)OC(C)(C)C)OCC. The summed E-state index contributed by atoms with van der Waals surface area (Å²) in [7, 11) is -3.62. The van der Waals surface area contributed by atoms with Crippen molar-refractivity contribution >= 4 is 15.8 Å². The zero-order valence-electron chi connectivity index (χ0n) is 12.3. The van der Waals surface area contributed by atoms with Crippen LogP contribution in [0.1, 0.15) is 34.6 Å². The molecule has 0 aromatic rings. The molecule has 0 aromatic heterocycles. The van der Waals surface area contributed by atoms with E-state index in [0.717, 1.165) is 0 Å². The van der Waals surface area contributed by atoms with E-state index in [1.807, 2.05) is 0 Å². The molecule has 0 aromatic carbocycles. The number of sulfone groups is 1. The normalized spacial score (nSPS) is 12.7. The van der Waals surface area contributed by atoms with Gasteiger partial charge in [-0.2, -0.15) is 0 Å². The third kappa shape index (κ3) is 9.86. The molecular weight excluding hydrogens is 272 g/mol. The van der Waals surface area contributed by atoms with Crippen LogP contribution >= 0.6 is 0 Å². The van der Waals surface area contributed by atoms with E-state index >= 15 is 0 Å². The Hall–Kier alpha value is -0.660.